The Morgan fingerprint density at radius 3 is 2.70 bits per heavy atom. The molecule has 30 heavy (non-hydrogen) atoms. The summed E-state index contributed by atoms with van der Waals surface area (Å²) in [5, 5.41) is 0.960. The van der Waals surface area contributed by atoms with E-state index in [4.69, 9.17) is 26.8 Å². The van der Waals surface area contributed by atoms with Crippen LogP contribution in [0.2, 0.25) is 5.02 Å². The molecule has 2 aromatic heterocycles. The Morgan fingerprint density at radius 2 is 2.03 bits per heavy atom. The second-order valence-corrected chi connectivity index (χ2v) is 8.18. The number of amides is 1. The number of hydrogen-bond donors (Lipinski definition) is 1. The third kappa shape index (κ3) is 5.16. The molecule has 2 N–H and O–H groups in total. The van der Waals surface area contributed by atoms with Gasteiger partial charge in [0, 0.05) is 17.1 Å². The number of benzene rings is 1. The second-order valence-electron chi connectivity index (χ2n) is 7.78. The zero-order valence-electron chi connectivity index (χ0n) is 17.0. The highest BCUT2D eigenvalue weighted by Crippen LogP contribution is 2.33. The highest BCUT2D eigenvalue weighted by molar-refractivity contribution is 6.32. The van der Waals surface area contributed by atoms with Crippen molar-refractivity contribution in [1.82, 2.24) is 9.97 Å². The van der Waals surface area contributed by atoms with Crippen molar-refractivity contribution in [2.24, 2.45) is 11.7 Å². The van der Waals surface area contributed by atoms with E-state index in [-0.39, 0.29) is 18.3 Å². The fourth-order valence-corrected chi connectivity index (χ4v) is 3.69. The summed E-state index contributed by atoms with van der Waals surface area (Å²) >= 11 is 6.41. The highest BCUT2D eigenvalue weighted by Gasteiger charge is 2.31. The topological polar surface area (TPSA) is 87.3 Å². The maximum atomic E-state index is 13.7. The van der Waals surface area contributed by atoms with Crippen LogP contribution in [0.5, 0.6) is 5.75 Å². The first-order chi connectivity index (χ1) is 14.2. The molecule has 3 rings (SSSR count). The lowest BCUT2D eigenvalue weighted by atomic mass is 9.95. The first-order valence-electron chi connectivity index (χ1n) is 9.48. The number of hydrogen-bond acceptors (Lipinski definition) is 5. The Bertz CT molecular complexity index is 1080. The van der Waals surface area contributed by atoms with E-state index in [1.165, 1.54) is 18.3 Å². The van der Waals surface area contributed by atoms with Gasteiger partial charge in [-0.3, -0.25) is 9.97 Å². The molecule has 1 atom stereocenters. The lowest BCUT2D eigenvalue weighted by molar-refractivity contribution is -0.0186. The zero-order chi connectivity index (χ0) is 21.9. The molecule has 1 aromatic carbocycles. The summed E-state index contributed by atoms with van der Waals surface area (Å²) < 4.78 is 24.8. The molecule has 3 aromatic rings. The minimum absolute atomic E-state index is 0.0677. The Kier molecular flexibility index (Phi) is 6.41. The zero-order valence-corrected chi connectivity index (χ0v) is 17.7. The van der Waals surface area contributed by atoms with Crippen molar-refractivity contribution in [2.45, 2.75) is 32.8 Å². The molecule has 0 spiro atoms. The maximum absolute atomic E-state index is 13.7. The molecule has 2 heterocycles. The molecular formula is C22H23ClFN3O3. The number of rotatable bonds is 7. The van der Waals surface area contributed by atoms with Crippen LogP contribution in [0.3, 0.4) is 0 Å². The van der Waals surface area contributed by atoms with Crippen molar-refractivity contribution in [1.29, 1.82) is 0 Å². The lowest BCUT2D eigenvalue weighted by Crippen LogP contribution is -2.41. The van der Waals surface area contributed by atoms with Crippen molar-refractivity contribution in [3.05, 3.63) is 53.6 Å². The van der Waals surface area contributed by atoms with Crippen molar-refractivity contribution >= 4 is 28.6 Å². The predicted molar refractivity (Wildman–Crippen MR) is 114 cm³/mol. The van der Waals surface area contributed by atoms with Gasteiger partial charge in [-0.25, -0.2) is 9.18 Å². The van der Waals surface area contributed by atoms with Gasteiger partial charge in [-0.1, -0.05) is 25.4 Å². The van der Waals surface area contributed by atoms with Gasteiger partial charge in [0.1, 0.15) is 18.0 Å². The van der Waals surface area contributed by atoms with Crippen LogP contribution in [0.1, 0.15) is 27.2 Å². The lowest BCUT2D eigenvalue weighted by Gasteiger charge is -2.30. The summed E-state index contributed by atoms with van der Waals surface area (Å²) in [5.41, 5.74) is 6.22. The van der Waals surface area contributed by atoms with Gasteiger partial charge in [0.05, 0.1) is 22.4 Å². The van der Waals surface area contributed by atoms with E-state index in [1.54, 1.807) is 31.3 Å². The van der Waals surface area contributed by atoms with Crippen LogP contribution < -0.4 is 10.5 Å². The van der Waals surface area contributed by atoms with E-state index in [9.17, 15) is 9.18 Å². The van der Waals surface area contributed by atoms with Gasteiger partial charge in [-0.2, -0.15) is 0 Å². The minimum Gasteiger partial charge on any atom is -0.486 e. The number of nitrogens with two attached hydrogens (primary N) is 1. The molecule has 0 bridgehead atoms. The van der Waals surface area contributed by atoms with Crippen molar-refractivity contribution < 1.29 is 18.7 Å². The average molecular weight is 432 g/mol. The van der Waals surface area contributed by atoms with Crippen LogP contribution in [0.15, 0.2) is 42.7 Å². The first-order valence-corrected chi connectivity index (χ1v) is 9.86. The van der Waals surface area contributed by atoms with Gasteiger partial charge in [-0.05, 0) is 49.6 Å². The van der Waals surface area contributed by atoms with Crippen LogP contribution >= 0.6 is 11.6 Å². The summed E-state index contributed by atoms with van der Waals surface area (Å²) in [5.74, 6) is 0.240. The summed E-state index contributed by atoms with van der Waals surface area (Å²) in [4.78, 5) is 19.9. The number of pyridine rings is 2. The fraction of sp³-hybridized carbons (Fsp3) is 0.318. The molecule has 1 amide bonds. The number of fused-ring (bicyclic) bond motifs is 1. The molecule has 0 saturated heterocycles. The first kappa shape index (κ1) is 21.8. The largest absolute Gasteiger partial charge is 0.486 e. The Morgan fingerprint density at radius 1 is 1.27 bits per heavy atom. The van der Waals surface area contributed by atoms with Crippen LogP contribution in [0, 0.1) is 11.7 Å². The molecule has 0 saturated carbocycles. The smallest absolute Gasteiger partial charge is 0.405 e. The minimum atomic E-state index is -0.902. The Balaban J connectivity index is 1.86. The van der Waals surface area contributed by atoms with Crippen LogP contribution in [-0.2, 0) is 4.74 Å². The third-order valence-electron chi connectivity index (χ3n) is 4.52. The SMILES string of the molecule is CC(C)CC(C)(COc1cnc(-c2ccnc3ccc(F)cc23)cc1Cl)OC(N)=O. The van der Waals surface area contributed by atoms with Crippen molar-refractivity contribution in [2.75, 3.05) is 6.61 Å². The van der Waals surface area contributed by atoms with Crippen LogP contribution in [-0.4, -0.2) is 28.3 Å². The number of halogens is 2. The monoisotopic (exact) mass is 431 g/mol. The highest BCUT2D eigenvalue weighted by atomic mass is 35.5. The van der Waals surface area contributed by atoms with E-state index in [0.717, 1.165) is 0 Å². The van der Waals surface area contributed by atoms with Gasteiger partial charge in [0.25, 0.3) is 0 Å². The fourth-order valence-electron chi connectivity index (χ4n) is 3.48. The molecule has 1 unspecified atom stereocenters. The molecule has 0 aliphatic rings. The van der Waals surface area contributed by atoms with E-state index >= 15 is 0 Å². The predicted octanol–water partition coefficient (Wildman–Crippen LogP) is 5.37. The van der Waals surface area contributed by atoms with Gasteiger partial charge in [0.15, 0.2) is 5.75 Å². The number of carbonyl (C=O) groups excluding carboxylic acids is 1. The average Bonchev–Trinajstić information content (AvgIpc) is 2.65. The van der Waals surface area contributed by atoms with E-state index in [1.807, 2.05) is 13.8 Å². The molecule has 0 fully saturated rings. The number of nitrogens with zero attached hydrogens (tertiary/aromatic N) is 2. The molecular weight excluding hydrogens is 409 g/mol. The molecule has 158 valence electrons. The molecule has 0 aliphatic carbocycles. The number of ether oxygens (including phenoxy) is 2. The van der Waals surface area contributed by atoms with Gasteiger partial charge in [0.2, 0.25) is 0 Å². The summed E-state index contributed by atoms with van der Waals surface area (Å²) in [7, 11) is 0. The summed E-state index contributed by atoms with van der Waals surface area (Å²) in [6.45, 7) is 5.84. The number of aromatic nitrogens is 2. The summed E-state index contributed by atoms with van der Waals surface area (Å²) in [6.07, 6.45) is 2.82. The van der Waals surface area contributed by atoms with Gasteiger partial charge < -0.3 is 15.2 Å². The third-order valence-corrected chi connectivity index (χ3v) is 4.81. The standard InChI is InChI=1S/C22H23ClFN3O3/c1-13(2)10-22(3,30-21(25)28)12-29-20-11-27-19(9-17(20)23)15-6-7-26-18-5-4-14(24)8-16(15)18/h4-9,11,13H,10,12H2,1-3H3,(H2,25,28). The van der Waals surface area contributed by atoms with Crippen molar-refractivity contribution in [3.8, 4) is 17.0 Å². The second kappa shape index (κ2) is 8.83. The summed E-state index contributed by atoms with van der Waals surface area (Å²) in [6, 6.07) is 7.78. The quantitative estimate of drug-likeness (QED) is 0.543. The Hall–Kier alpha value is -2.93. The van der Waals surface area contributed by atoms with Crippen molar-refractivity contribution in [3.63, 3.8) is 0 Å². The normalized spacial score (nSPS) is 13.3. The van der Waals surface area contributed by atoms with E-state index < -0.39 is 11.7 Å². The molecule has 6 nitrogen and oxygen atoms in total. The van der Waals surface area contributed by atoms with Gasteiger partial charge >= 0.3 is 6.09 Å². The van der Waals surface area contributed by atoms with Crippen LogP contribution in [0.25, 0.3) is 22.2 Å². The molecule has 0 aliphatic heterocycles. The molecule has 8 heteroatoms. The van der Waals surface area contributed by atoms with Gasteiger partial charge in [-0.15, -0.1) is 0 Å². The van der Waals surface area contributed by atoms with Crippen LogP contribution in [0.4, 0.5) is 9.18 Å². The number of primary amides is 1. The van der Waals surface area contributed by atoms with E-state index in [2.05, 4.69) is 9.97 Å². The van der Waals surface area contributed by atoms with E-state index in [0.29, 0.717) is 39.4 Å². The number of carbonyl (C=O) groups is 1. The molecule has 0 radical (unpaired) electrons. The maximum Gasteiger partial charge on any atom is 0.405 e. The Labute approximate surface area is 179 Å².